The molecule has 0 unspecified atom stereocenters. The van der Waals surface area contributed by atoms with Crippen LogP contribution in [0.5, 0.6) is 0 Å². The fourth-order valence-electron chi connectivity index (χ4n) is 2.88. The van der Waals surface area contributed by atoms with E-state index in [1.807, 2.05) is 38.1 Å². The van der Waals surface area contributed by atoms with Crippen molar-refractivity contribution in [2.45, 2.75) is 46.1 Å². The van der Waals surface area contributed by atoms with Crippen molar-refractivity contribution < 1.29 is 5.11 Å². The Kier molecular flexibility index (Phi) is 5.84. The van der Waals surface area contributed by atoms with Crippen molar-refractivity contribution in [3.8, 4) is 0 Å². The second-order valence-corrected chi connectivity index (χ2v) is 7.10. The first-order valence-corrected chi connectivity index (χ1v) is 8.54. The first kappa shape index (κ1) is 17.6. The normalized spacial score (nSPS) is 11.7. The van der Waals surface area contributed by atoms with Crippen LogP contribution in [0.1, 0.15) is 46.1 Å². The zero-order valence-corrected chi connectivity index (χ0v) is 14.8. The zero-order chi connectivity index (χ0) is 16.9. The minimum Gasteiger partial charge on any atom is -0.386 e. The number of nitrogens with zero attached hydrogens (tertiary/aromatic N) is 1. The first-order valence-electron chi connectivity index (χ1n) is 8.54. The van der Waals surface area contributed by atoms with Gasteiger partial charge in [0.15, 0.2) is 0 Å². The van der Waals surface area contributed by atoms with Crippen molar-refractivity contribution >= 4 is 11.4 Å². The lowest BCUT2D eigenvalue weighted by Crippen LogP contribution is -2.25. The summed E-state index contributed by atoms with van der Waals surface area (Å²) in [5.74, 6) is 0.706. The summed E-state index contributed by atoms with van der Waals surface area (Å²) in [6.07, 6.45) is 2.33. The second kappa shape index (κ2) is 7.65. The maximum Gasteiger partial charge on any atom is 0.0860 e. The van der Waals surface area contributed by atoms with Crippen molar-refractivity contribution in [3.63, 3.8) is 0 Å². The van der Waals surface area contributed by atoms with Gasteiger partial charge in [-0.15, -0.1) is 0 Å². The highest BCUT2D eigenvalue weighted by Gasteiger charge is 2.23. The van der Waals surface area contributed by atoms with E-state index in [2.05, 4.69) is 49.1 Å². The summed E-state index contributed by atoms with van der Waals surface area (Å²) < 4.78 is 0. The molecular weight excluding hydrogens is 282 g/mol. The van der Waals surface area contributed by atoms with Crippen LogP contribution in [0, 0.1) is 5.92 Å². The molecule has 0 heterocycles. The van der Waals surface area contributed by atoms with Crippen LogP contribution >= 0.6 is 0 Å². The third kappa shape index (κ3) is 4.84. The number of para-hydroxylation sites is 2. The van der Waals surface area contributed by atoms with Crippen molar-refractivity contribution in [2.75, 3.05) is 11.4 Å². The number of anilines is 2. The molecule has 0 radical (unpaired) electrons. The van der Waals surface area contributed by atoms with Gasteiger partial charge in [-0.2, -0.15) is 0 Å². The van der Waals surface area contributed by atoms with Crippen LogP contribution in [0.25, 0.3) is 0 Å². The summed E-state index contributed by atoms with van der Waals surface area (Å²) in [7, 11) is 0. The number of hydrogen-bond acceptors (Lipinski definition) is 2. The topological polar surface area (TPSA) is 23.5 Å². The third-order valence-electron chi connectivity index (χ3n) is 4.09. The molecule has 2 aromatic carbocycles. The highest BCUT2D eigenvalue weighted by Crippen LogP contribution is 2.34. The van der Waals surface area contributed by atoms with Gasteiger partial charge in [0.2, 0.25) is 0 Å². The Morgan fingerprint density at radius 2 is 1.57 bits per heavy atom. The van der Waals surface area contributed by atoms with E-state index in [-0.39, 0.29) is 0 Å². The van der Waals surface area contributed by atoms with E-state index in [9.17, 15) is 5.11 Å². The summed E-state index contributed by atoms with van der Waals surface area (Å²) >= 11 is 0. The zero-order valence-electron chi connectivity index (χ0n) is 14.8. The highest BCUT2D eigenvalue weighted by atomic mass is 16.3. The summed E-state index contributed by atoms with van der Waals surface area (Å²) in [6, 6.07) is 18.6. The van der Waals surface area contributed by atoms with Crippen LogP contribution in [0.4, 0.5) is 11.4 Å². The lowest BCUT2D eigenvalue weighted by Gasteiger charge is -2.31. The lowest BCUT2D eigenvalue weighted by atomic mass is 9.95. The predicted molar refractivity (Wildman–Crippen MR) is 99.2 cm³/mol. The maximum atomic E-state index is 10.6. The van der Waals surface area contributed by atoms with Gasteiger partial charge in [-0.05, 0) is 50.8 Å². The molecule has 2 aromatic rings. The molecule has 2 rings (SSSR count). The minimum absolute atomic E-state index is 0.706. The predicted octanol–water partition coefficient (Wildman–Crippen LogP) is 5.49. The van der Waals surface area contributed by atoms with Gasteiger partial charge in [0.25, 0.3) is 0 Å². The van der Waals surface area contributed by atoms with Crippen LogP contribution in [0.15, 0.2) is 54.6 Å². The molecule has 2 nitrogen and oxygen atoms in total. The van der Waals surface area contributed by atoms with Crippen molar-refractivity contribution in [1.29, 1.82) is 0 Å². The highest BCUT2D eigenvalue weighted by molar-refractivity contribution is 5.67. The summed E-state index contributed by atoms with van der Waals surface area (Å²) in [5, 5.41) is 10.6. The van der Waals surface area contributed by atoms with Crippen LogP contribution < -0.4 is 4.90 Å². The van der Waals surface area contributed by atoms with E-state index in [0.717, 1.165) is 24.2 Å². The average Bonchev–Trinajstić information content (AvgIpc) is 2.51. The molecule has 0 atom stereocenters. The van der Waals surface area contributed by atoms with E-state index < -0.39 is 5.60 Å². The molecule has 1 N–H and O–H groups in total. The Morgan fingerprint density at radius 3 is 2.17 bits per heavy atom. The maximum absolute atomic E-state index is 10.6. The molecule has 0 spiro atoms. The van der Waals surface area contributed by atoms with E-state index >= 15 is 0 Å². The average molecular weight is 311 g/mol. The number of hydrogen-bond donors (Lipinski definition) is 1. The van der Waals surface area contributed by atoms with Gasteiger partial charge in [-0.3, -0.25) is 0 Å². The molecule has 0 amide bonds. The molecule has 0 aromatic heterocycles. The first-order chi connectivity index (χ1) is 10.9. The Labute approximate surface area is 140 Å². The number of benzene rings is 2. The fraction of sp³-hybridized carbons (Fsp3) is 0.429. The van der Waals surface area contributed by atoms with Crippen molar-refractivity contribution in [2.24, 2.45) is 5.92 Å². The SMILES string of the molecule is CC(C)CCCN(c1ccccc1)c1ccccc1C(C)(C)O. The van der Waals surface area contributed by atoms with E-state index in [1.165, 1.54) is 12.1 Å². The van der Waals surface area contributed by atoms with Gasteiger partial charge in [0, 0.05) is 23.5 Å². The molecule has 0 aliphatic carbocycles. The van der Waals surface area contributed by atoms with Crippen molar-refractivity contribution in [3.05, 3.63) is 60.2 Å². The van der Waals surface area contributed by atoms with Crippen LogP contribution in [-0.4, -0.2) is 11.7 Å². The third-order valence-corrected chi connectivity index (χ3v) is 4.09. The smallest absolute Gasteiger partial charge is 0.0860 e. The van der Waals surface area contributed by atoms with Gasteiger partial charge < -0.3 is 10.0 Å². The fourth-order valence-corrected chi connectivity index (χ4v) is 2.88. The molecular formula is C21H29NO. The molecule has 124 valence electrons. The molecule has 2 heteroatoms. The Morgan fingerprint density at radius 1 is 0.957 bits per heavy atom. The summed E-state index contributed by atoms with van der Waals surface area (Å²) in [5.41, 5.74) is 2.37. The van der Waals surface area contributed by atoms with Gasteiger partial charge >= 0.3 is 0 Å². The van der Waals surface area contributed by atoms with E-state index in [0.29, 0.717) is 5.92 Å². The molecule has 0 saturated heterocycles. The standard InChI is InChI=1S/C21H29NO/c1-17(2)11-10-16-22(18-12-6-5-7-13-18)20-15-9-8-14-19(20)21(3,4)23/h5-9,12-15,17,23H,10-11,16H2,1-4H3. The minimum atomic E-state index is -0.859. The molecule has 0 saturated carbocycles. The largest absolute Gasteiger partial charge is 0.386 e. The van der Waals surface area contributed by atoms with Gasteiger partial charge in [-0.1, -0.05) is 50.2 Å². The summed E-state index contributed by atoms with van der Waals surface area (Å²) in [6.45, 7) is 9.18. The molecule has 0 aliphatic heterocycles. The Balaban J connectivity index is 2.38. The number of rotatable bonds is 7. The van der Waals surface area contributed by atoms with Crippen LogP contribution in [0.3, 0.4) is 0 Å². The second-order valence-electron chi connectivity index (χ2n) is 7.10. The van der Waals surface area contributed by atoms with E-state index in [1.54, 1.807) is 0 Å². The lowest BCUT2D eigenvalue weighted by molar-refractivity contribution is 0.0791. The van der Waals surface area contributed by atoms with E-state index in [4.69, 9.17) is 0 Å². The molecule has 0 aliphatic rings. The molecule has 0 bridgehead atoms. The van der Waals surface area contributed by atoms with Crippen molar-refractivity contribution in [1.82, 2.24) is 0 Å². The summed E-state index contributed by atoms with van der Waals surface area (Å²) in [4.78, 5) is 2.33. The Hall–Kier alpha value is -1.80. The van der Waals surface area contributed by atoms with Gasteiger partial charge in [-0.25, -0.2) is 0 Å². The molecule has 0 fully saturated rings. The van der Waals surface area contributed by atoms with Gasteiger partial charge in [0.1, 0.15) is 0 Å². The van der Waals surface area contributed by atoms with Gasteiger partial charge in [0.05, 0.1) is 5.60 Å². The van der Waals surface area contributed by atoms with Crippen LogP contribution in [0.2, 0.25) is 0 Å². The number of aliphatic hydroxyl groups is 1. The molecule has 23 heavy (non-hydrogen) atoms. The quantitative estimate of drug-likeness (QED) is 0.731. The monoisotopic (exact) mass is 311 g/mol. The van der Waals surface area contributed by atoms with Crippen LogP contribution in [-0.2, 0) is 5.60 Å². The Bertz CT molecular complexity index is 599.